The number of pyridine rings is 1. The van der Waals surface area contributed by atoms with Gasteiger partial charge in [-0.1, -0.05) is 36.4 Å². The van der Waals surface area contributed by atoms with Crippen LogP contribution in [0.15, 0.2) is 54.7 Å². The largest absolute Gasteiger partial charge is 0.395 e. The normalized spacial score (nSPS) is 27.3. The highest BCUT2D eigenvalue weighted by Gasteiger charge is 2.49. The van der Waals surface area contributed by atoms with E-state index < -0.39 is 0 Å². The molecule has 4 nitrogen and oxygen atoms in total. The summed E-state index contributed by atoms with van der Waals surface area (Å²) in [6.45, 7) is 6.32. The van der Waals surface area contributed by atoms with Crippen LogP contribution in [0.1, 0.15) is 17.7 Å². The Hall–Kier alpha value is -1.75. The Bertz CT molecular complexity index is 678. The van der Waals surface area contributed by atoms with Crippen LogP contribution in [0.5, 0.6) is 0 Å². The Morgan fingerprint density at radius 2 is 1.84 bits per heavy atom. The molecule has 2 fully saturated rings. The van der Waals surface area contributed by atoms with Crippen molar-refractivity contribution < 1.29 is 5.11 Å². The molecule has 3 heterocycles. The van der Waals surface area contributed by atoms with E-state index in [2.05, 4.69) is 57.2 Å². The molecule has 1 aromatic carbocycles. The molecule has 1 N–H and O–H groups in total. The van der Waals surface area contributed by atoms with Crippen LogP contribution in [0.2, 0.25) is 0 Å². The summed E-state index contributed by atoms with van der Waals surface area (Å²) >= 11 is 0. The van der Waals surface area contributed by atoms with Gasteiger partial charge in [-0.2, -0.15) is 0 Å². The summed E-state index contributed by atoms with van der Waals surface area (Å²) in [5.41, 5.74) is 2.86. The number of aromatic nitrogens is 1. The van der Waals surface area contributed by atoms with Crippen molar-refractivity contribution in [3.05, 3.63) is 66.0 Å². The predicted molar refractivity (Wildman–Crippen MR) is 99.3 cm³/mol. The number of fused-ring (bicyclic) bond motifs is 1. The molecule has 0 saturated carbocycles. The molecule has 1 aromatic heterocycles. The lowest BCUT2D eigenvalue weighted by molar-refractivity contribution is 0.116. The number of hydrogen-bond acceptors (Lipinski definition) is 4. The Morgan fingerprint density at radius 3 is 2.60 bits per heavy atom. The van der Waals surface area contributed by atoms with E-state index in [-0.39, 0.29) is 12.0 Å². The maximum absolute atomic E-state index is 9.40. The van der Waals surface area contributed by atoms with Gasteiger partial charge in [0.25, 0.3) is 0 Å². The summed E-state index contributed by atoms with van der Waals surface area (Å²) in [5.74, 6) is 0.610. The fourth-order valence-electron chi connectivity index (χ4n) is 4.77. The topological polar surface area (TPSA) is 39.6 Å². The summed E-state index contributed by atoms with van der Waals surface area (Å²) in [7, 11) is 0. The summed E-state index contributed by atoms with van der Waals surface area (Å²) < 4.78 is 0. The van der Waals surface area contributed by atoms with Crippen molar-refractivity contribution in [3.8, 4) is 0 Å². The molecule has 2 aliphatic heterocycles. The Balaban J connectivity index is 1.55. The van der Waals surface area contributed by atoms with Gasteiger partial charge >= 0.3 is 0 Å². The minimum Gasteiger partial charge on any atom is -0.395 e. The van der Waals surface area contributed by atoms with Crippen LogP contribution in [0.3, 0.4) is 0 Å². The number of rotatable bonds is 5. The van der Waals surface area contributed by atoms with Gasteiger partial charge in [0.15, 0.2) is 0 Å². The van der Waals surface area contributed by atoms with E-state index in [1.165, 1.54) is 12.0 Å². The van der Waals surface area contributed by atoms with Gasteiger partial charge in [-0.25, -0.2) is 0 Å². The van der Waals surface area contributed by atoms with Gasteiger partial charge < -0.3 is 5.11 Å². The second kappa shape index (κ2) is 7.24. The van der Waals surface area contributed by atoms with Crippen molar-refractivity contribution in [3.63, 3.8) is 0 Å². The van der Waals surface area contributed by atoms with Crippen molar-refractivity contribution >= 4 is 0 Å². The molecular weight excluding hydrogens is 310 g/mol. The Labute approximate surface area is 150 Å². The van der Waals surface area contributed by atoms with Gasteiger partial charge in [0, 0.05) is 44.3 Å². The van der Waals surface area contributed by atoms with Crippen LogP contribution in [0.25, 0.3) is 0 Å². The molecule has 4 heteroatoms. The highest BCUT2D eigenvalue weighted by molar-refractivity contribution is 5.30. The van der Waals surface area contributed by atoms with Crippen LogP contribution >= 0.6 is 0 Å². The zero-order chi connectivity index (χ0) is 17.1. The maximum Gasteiger partial charge on any atom is 0.0558 e. The van der Waals surface area contributed by atoms with E-state index in [0.717, 1.165) is 45.0 Å². The number of piperidine rings is 1. The van der Waals surface area contributed by atoms with Crippen LogP contribution in [0.4, 0.5) is 0 Å². The van der Waals surface area contributed by atoms with Crippen molar-refractivity contribution in [2.24, 2.45) is 5.92 Å². The van der Waals surface area contributed by atoms with Crippen LogP contribution < -0.4 is 0 Å². The summed E-state index contributed by atoms with van der Waals surface area (Å²) in [4.78, 5) is 9.49. The quantitative estimate of drug-likeness (QED) is 0.907. The van der Waals surface area contributed by atoms with Gasteiger partial charge in [-0.05, 0) is 36.6 Å². The van der Waals surface area contributed by atoms with Crippen molar-refractivity contribution in [2.75, 3.05) is 39.3 Å². The summed E-state index contributed by atoms with van der Waals surface area (Å²) in [6, 6.07) is 17.2. The van der Waals surface area contributed by atoms with Gasteiger partial charge in [0.05, 0.1) is 12.3 Å². The highest BCUT2D eigenvalue weighted by atomic mass is 16.3. The molecule has 0 spiro atoms. The number of aliphatic hydroxyl groups is 1. The third kappa shape index (κ3) is 3.34. The van der Waals surface area contributed by atoms with Gasteiger partial charge in [0.1, 0.15) is 0 Å². The lowest BCUT2D eigenvalue weighted by Crippen LogP contribution is -2.49. The Morgan fingerprint density at radius 1 is 1.04 bits per heavy atom. The SMILES string of the molecule is OCCN1C[C@H]2CN(Cc3ccccn3)CC[C@@]2(c2ccccc2)C1. The van der Waals surface area contributed by atoms with E-state index in [1.54, 1.807) is 0 Å². The highest BCUT2D eigenvalue weighted by Crippen LogP contribution is 2.45. The summed E-state index contributed by atoms with van der Waals surface area (Å²) in [5, 5.41) is 9.40. The zero-order valence-corrected chi connectivity index (χ0v) is 14.7. The first-order chi connectivity index (χ1) is 12.3. The minimum absolute atomic E-state index is 0.233. The van der Waals surface area contributed by atoms with E-state index >= 15 is 0 Å². The van der Waals surface area contributed by atoms with E-state index in [0.29, 0.717) is 5.92 Å². The molecule has 2 atom stereocenters. The van der Waals surface area contributed by atoms with Gasteiger partial charge in [-0.3, -0.25) is 14.8 Å². The minimum atomic E-state index is 0.233. The van der Waals surface area contributed by atoms with Crippen molar-refractivity contribution in [2.45, 2.75) is 18.4 Å². The lowest BCUT2D eigenvalue weighted by Gasteiger charge is -2.44. The van der Waals surface area contributed by atoms with Crippen molar-refractivity contribution in [1.29, 1.82) is 0 Å². The van der Waals surface area contributed by atoms with Crippen LogP contribution in [0, 0.1) is 5.92 Å². The zero-order valence-electron chi connectivity index (χ0n) is 14.7. The number of benzene rings is 1. The first kappa shape index (κ1) is 16.7. The average Bonchev–Trinajstić information content (AvgIpc) is 3.02. The Kier molecular flexibility index (Phi) is 4.84. The fourth-order valence-corrected chi connectivity index (χ4v) is 4.77. The second-order valence-electron chi connectivity index (χ2n) is 7.48. The third-order valence-electron chi connectivity index (χ3n) is 6.00. The number of likely N-dealkylation sites (tertiary alicyclic amines) is 2. The van der Waals surface area contributed by atoms with Gasteiger partial charge in [0.2, 0.25) is 0 Å². The number of aliphatic hydroxyl groups excluding tert-OH is 1. The molecule has 0 radical (unpaired) electrons. The molecule has 2 saturated heterocycles. The standard InChI is InChI=1S/C21H27N3O/c25-13-12-24-15-19-14-23(16-20-8-4-5-10-22-20)11-9-21(19,17-24)18-6-2-1-3-7-18/h1-8,10,19,25H,9,11-17H2/t19-,21+/m1/s1. The van der Waals surface area contributed by atoms with E-state index in [4.69, 9.17) is 0 Å². The molecule has 0 aliphatic carbocycles. The molecule has 2 aromatic rings. The number of β-amino-alcohol motifs (C(OH)–C–C–N with tert-alkyl or cyclic N) is 1. The molecule has 0 unspecified atom stereocenters. The first-order valence-electron chi connectivity index (χ1n) is 9.31. The molecule has 25 heavy (non-hydrogen) atoms. The van der Waals surface area contributed by atoms with E-state index in [1.807, 2.05) is 12.3 Å². The molecule has 132 valence electrons. The third-order valence-corrected chi connectivity index (χ3v) is 6.00. The molecule has 4 rings (SSSR count). The van der Waals surface area contributed by atoms with Crippen LogP contribution in [-0.4, -0.2) is 59.2 Å². The number of nitrogens with zero attached hydrogens (tertiary/aromatic N) is 3. The molecule has 0 bridgehead atoms. The predicted octanol–water partition coefficient (Wildman–Crippen LogP) is 2.15. The maximum atomic E-state index is 9.40. The lowest BCUT2D eigenvalue weighted by atomic mass is 9.68. The average molecular weight is 337 g/mol. The monoisotopic (exact) mass is 337 g/mol. The smallest absolute Gasteiger partial charge is 0.0558 e. The number of hydrogen-bond donors (Lipinski definition) is 1. The molecule has 0 amide bonds. The first-order valence-corrected chi connectivity index (χ1v) is 9.31. The fraction of sp³-hybridized carbons (Fsp3) is 0.476. The van der Waals surface area contributed by atoms with E-state index in [9.17, 15) is 5.11 Å². The molecule has 2 aliphatic rings. The van der Waals surface area contributed by atoms with Gasteiger partial charge in [-0.15, -0.1) is 0 Å². The second-order valence-corrected chi connectivity index (χ2v) is 7.48. The molecular formula is C21H27N3O. The van der Waals surface area contributed by atoms with Crippen molar-refractivity contribution in [1.82, 2.24) is 14.8 Å². The summed E-state index contributed by atoms with van der Waals surface area (Å²) in [6.07, 6.45) is 3.06. The van der Waals surface area contributed by atoms with Crippen LogP contribution in [-0.2, 0) is 12.0 Å².